The van der Waals surface area contributed by atoms with Gasteiger partial charge in [0, 0.05) is 24.5 Å². The van der Waals surface area contributed by atoms with Crippen LogP contribution >= 0.6 is 0 Å². The molecule has 0 bridgehead atoms. The first-order valence-electron chi connectivity index (χ1n) is 7.00. The van der Waals surface area contributed by atoms with Crippen LogP contribution in [0.2, 0.25) is 0 Å². The zero-order chi connectivity index (χ0) is 15.0. The van der Waals surface area contributed by atoms with E-state index in [1.54, 1.807) is 18.3 Å². The quantitative estimate of drug-likeness (QED) is 0.890. The third kappa shape index (κ3) is 2.82. The summed E-state index contributed by atoms with van der Waals surface area (Å²) in [4.78, 5) is 0.276. The fraction of sp³-hybridized carbons (Fsp3) is 0.333. The molecule has 1 saturated carbocycles. The van der Waals surface area contributed by atoms with Crippen molar-refractivity contribution in [3.63, 3.8) is 0 Å². The lowest BCUT2D eigenvalue weighted by Gasteiger charge is -2.09. The van der Waals surface area contributed by atoms with Crippen molar-refractivity contribution in [3.05, 3.63) is 47.8 Å². The third-order valence-electron chi connectivity index (χ3n) is 3.76. The van der Waals surface area contributed by atoms with Gasteiger partial charge in [-0.15, -0.1) is 0 Å². The summed E-state index contributed by atoms with van der Waals surface area (Å²) in [5.74, 6) is 0. The van der Waals surface area contributed by atoms with Crippen LogP contribution in [0.5, 0.6) is 0 Å². The fourth-order valence-corrected chi connectivity index (χ4v) is 3.57. The monoisotopic (exact) mass is 305 g/mol. The van der Waals surface area contributed by atoms with Crippen molar-refractivity contribution in [2.45, 2.75) is 37.2 Å². The van der Waals surface area contributed by atoms with Gasteiger partial charge < -0.3 is 10.3 Å². The maximum Gasteiger partial charge on any atom is 0.263 e. The van der Waals surface area contributed by atoms with Crippen molar-refractivity contribution in [3.8, 4) is 0 Å². The standard InChI is InChI=1S/C15H19N3O2S/c1-11-4-2-3-5-15(11)17-21(19,20)14-8-13(9-16)18(10-14)12-6-7-12/h2-5,8,10,12,17H,6-7,9,16H2,1H3. The zero-order valence-electron chi connectivity index (χ0n) is 11.9. The summed E-state index contributed by atoms with van der Waals surface area (Å²) in [5.41, 5.74) is 8.07. The summed E-state index contributed by atoms with van der Waals surface area (Å²) in [6.45, 7) is 2.22. The molecule has 0 spiro atoms. The summed E-state index contributed by atoms with van der Waals surface area (Å²) in [5, 5.41) is 0. The second-order valence-electron chi connectivity index (χ2n) is 5.43. The number of anilines is 1. The molecular weight excluding hydrogens is 286 g/mol. The van der Waals surface area contributed by atoms with Crippen LogP contribution in [-0.2, 0) is 16.6 Å². The number of nitrogens with two attached hydrogens (primary N) is 1. The van der Waals surface area contributed by atoms with Gasteiger partial charge >= 0.3 is 0 Å². The Balaban J connectivity index is 1.93. The average molecular weight is 305 g/mol. The topological polar surface area (TPSA) is 77.1 Å². The number of rotatable bonds is 5. The predicted octanol–water partition coefficient (Wildman–Crippen LogP) is 2.39. The SMILES string of the molecule is Cc1ccccc1NS(=O)(=O)c1cc(CN)n(C2CC2)c1. The first-order chi connectivity index (χ1) is 10.0. The summed E-state index contributed by atoms with van der Waals surface area (Å²) in [6.07, 6.45) is 3.87. The van der Waals surface area contributed by atoms with Crippen molar-refractivity contribution >= 4 is 15.7 Å². The molecule has 2 aromatic rings. The molecule has 3 N–H and O–H groups in total. The number of benzene rings is 1. The van der Waals surface area contributed by atoms with Gasteiger partial charge in [0.25, 0.3) is 10.0 Å². The lowest BCUT2D eigenvalue weighted by Crippen LogP contribution is -2.13. The molecule has 21 heavy (non-hydrogen) atoms. The Morgan fingerprint density at radius 1 is 1.33 bits per heavy atom. The minimum absolute atomic E-state index is 0.276. The molecule has 1 fully saturated rings. The molecule has 0 saturated heterocycles. The van der Waals surface area contributed by atoms with Gasteiger partial charge in [0.2, 0.25) is 0 Å². The molecule has 5 nitrogen and oxygen atoms in total. The van der Waals surface area contributed by atoms with Crippen molar-refractivity contribution in [2.75, 3.05) is 4.72 Å². The molecule has 1 aliphatic rings. The maximum atomic E-state index is 12.5. The van der Waals surface area contributed by atoms with E-state index < -0.39 is 10.0 Å². The summed E-state index contributed by atoms with van der Waals surface area (Å²) in [7, 11) is -3.58. The number of nitrogens with zero attached hydrogens (tertiary/aromatic N) is 1. The minimum Gasteiger partial charge on any atom is -0.346 e. The highest BCUT2D eigenvalue weighted by Crippen LogP contribution is 2.37. The summed E-state index contributed by atoms with van der Waals surface area (Å²) >= 11 is 0. The Labute approximate surface area is 124 Å². The second kappa shape index (κ2) is 5.20. The highest BCUT2D eigenvalue weighted by atomic mass is 32.2. The van der Waals surface area contributed by atoms with E-state index in [0.717, 1.165) is 24.1 Å². The molecule has 0 aliphatic heterocycles. The van der Waals surface area contributed by atoms with Gasteiger partial charge in [-0.2, -0.15) is 0 Å². The number of hydrogen-bond donors (Lipinski definition) is 2. The van der Waals surface area contributed by atoms with E-state index in [0.29, 0.717) is 18.3 Å². The van der Waals surface area contributed by atoms with Gasteiger partial charge in [-0.25, -0.2) is 8.42 Å². The number of sulfonamides is 1. The molecule has 0 radical (unpaired) electrons. The second-order valence-corrected chi connectivity index (χ2v) is 7.11. The molecular formula is C15H19N3O2S. The first-order valence-corrected chi connectivity index (χ1v) is 8.49. The Hall–Kier alpha value is -1.79. The fourth-order valence-electron chi connectivity index (χ4n) is 2.39. The molecule has 0 amide bonds. The van der Waals surface area contributed by atoms with E-state index in [1.807, 2.05) is 29.7 Å². The lowest BCUT2D eigenvalue weighted by molar-refractivity contribution is 0.600. The average Bonchev–Trinajstić information content (AvgIpc) is 3.19. The third-order valence-corrected chi connectivity index (χ3v) is 5.09. The van der Waals surface area contributed by atoms with Crippen LogP contribution in [0.1, 0.15) is 30.1 Å². The largest absolute Gasteiger partial charge is 0.346 e. The van der Waals surface area contributed by atoms with E-state index in [4.69, 9.17) is 5.73 Å². The van der Waals surface area contributed by atoms with E-state index in [-0.39, 0.29) is 4.90 Å². The highest BCUT2D eigenvalue weighted by molar-refractivity contribution is 7.92. The van der Waals surface area contributed by atoms with Gasteiger partial charge in [0.1, 0.15) is 4.90 Å². The molecule has 1 aliphatic carbocycles. The predicted molar refractivity (Wildman–Crippen MR) is 82.6 cm³/mol. The zero-order valence-corrected chi connectivity index (χ0v) is 12.7. The van der Waals surface area contributed by atoms with Crippen LogP contribution in [0.3, 0.4) is 0 Å². The highest BCUT2D eigenvalue weighted by Gasteiger charge is 2.28. The maximum absolute atomic E-state index is 12.5. The van der Waals surface area contributed by atoms with Crippen LogP contribution in [-0.4, -0.2) is 13.0 Å². The van der Waals surface area contributed by atoms with Crippen LogP contribution in [0.25, 0.3) is 0 Å². The Morgan fingerprint density at radius 3 is 2.67 bits per heavy atom. The summed E-state index contributed by atoms with van der Waals surface area (Å²) in [6, 6.07) is 9.40. The number of para-hydroxylation sites is 1. The van der Waals surface area contributed by atoms with Crippen molar-refractivity contribution in [1.82, 2.24) is 4.57 Å². The smallest absolute Gasteiger partial charge is 0.263 e. The Kier molecular flexibility index (Phi) is 3.51. The molecule has 0 unspecified atom stereocenters. The van der Waals surface area contributed by atoms with Crippen LogP contribution in [0, 0.1) is 6.92 Å². The van der Waals surface area contributed by atoms with Crippen LogP contribution in [0.15, 0.2) is 41.4 Å². The Bertz CT molecular complexity index is 761. The molecule has 1 aromatic heterocycles. The van der Waals surface area contributed by atoms with E-state index in [2.05, 4.69) is 4.72 Å². The van der Waals surface area contributed by atoms with E-state index in [1.165, 1.54) is 0 Å². The van der Waals surface area contributed by atoms with E-state index in [9.17, 15) is 8.42 Å². The van der Waals surface area contributed by atoms with Crippen molar-refractivity contribution in [2.24, 2.45) is 5.73 Å². The molecule has 1 heterocycles. The molecule has 112 valence electrons. The van der Waals surface area contributed by atoms with Gasteiger partial charge in [0.15, 0.2) is 0 Å². The number of nitrogens with one attached hydrogen (secondary N) is 1. The lowest BCUT2D eigenvalue weighted by atomic mass is 10.2. The number of aryl methyl sites for hydroxylation is 1. The normalized spacial score (nSPS) is 15.1. The van der Waals surface area contributed by atoms with Gasteiger partial charge in [-0.3, -0.25) is 4.72 Å². The van der Waals surface area contributed by atoms with Gasteiger partial charge in [0.05, 0.1) is 5.69 Å². The van der Waals surface area contributed by atoms with Gasteiger partial charge in [-0.05, 0) is 37.5 Å². The first kappa shape index (κ1) is 14.2. The number of aromatic nitrogens is 1. The molecule has 0 atom stereocenters. The van der Waals surface area contributed by atoms with Crippen molar-refractivity contribution < 1.29 is 8.42 Å². The van der Waals surface area contributed by atoms with Gasteiger partial charge in [-0.1, -0.05) is 18.2 Å². The number of hydrogen-bond acceptors (Lipinski definition) is 3. The Morgan fingerprint density at radius 2 is 2.05 bits per heavy atom. The van der Waals surface area contributed by atoms with Crippen LogP contribution in [0.4, 0.5) is 5.69 Å². The molecule has 3 rings (SSSR count). The summed E-state index contributed by atoms with van der Waals surface area (Å²) < 4.78 is 29.7. The molecule has 6 heteroatoms. The van der Waals surface area contributed by atoms with Crippen molar-refractivity contribution in [1.29, 1.82) is 0 Å². The van der Waals surface area contributed by atoms with Crippen LogP contribution < -0.4 is 10.5 Å². The molecule has 1 aromatic carbocycles. The van der Waals surface area contributed by atoms with E-state index >= 15 is 0 Å². The minimum atomic E-state index is -3.58.